The summed E-state index contributed by atoms with van der Waals surface area (Å²) >= 11 is 0. The van der Waals surface area contributed by atoms with Gasteiger partial charge in [0.25, 0.3) is 0 Å². The molecular formula is C68H66O2. The molecule has 0 atom stereocenters. The summed E-state index contributed by atoms with van der Waals surface area (Å²) in [4.78, 5) is 0. The van der Waals surface area contributed by atoms with Gasteiger partial charge in [0.1, 0.15) is 11.5 Å². The van der Waals surface area contributed by atoms with E-state index in [1.807, 2.05) is 0 Å². The Balaban J connectivity index is 1.41. The zero-order valence-electron chi connectivity index (χ0n) is 43.7. The van der Waals surface area contributed by atoms with Gasteiger partial charge in [-0.3, -0.25) is 0 Å². The van der Waals surface area contributed by atoms with Crippen molar-refractivity contribution in [2.75, 3.05) is 14.2 Å². The molecule has 0 bridgehead atoms. The summed E-state index contributed by atoms with van der Waals surface area (Å²) < 4.78 is 11.6. The molecule has 0 unspecified atom stereocenters. The number of ether oxygens (including phenoxy) is 2. The maximum absolute atomic E-state index is 5.79. The van der Waals surface area contributed by atoms with E-state index >= 15 is 0 Å². The molecule has 0 N–H and O–H groups in total. The van der Waals surface area contributed by atoms with E-state index < -0.39 is 0 Å². The monoisotopic (exact) mass is 915 g/mol. The summed E-state index contributed by atoms with van der Waals surface area (Å²) in [6.07, 6.45) is 0. The van der Waals surface area contributed by atoms with Crippen LogP contribution in [0.5, 0.6) is 11.5 Å². The summed E-state index contributed by atoms with van der Waals surface area (Å²) in [6, 6.07) is 56.0. The van der Waals surface area contributed by atoms with Crippen LogP contribution in [-0.2, 0) is 21.7 Å². The van der Waals surface area contributed by atoms with Crippen LogP contribution >= 0.6 is 0 Å². The third kappa shape index (κ3) is 7.12. The predicted octanol–water partition coefficient (Wildman–Crippen LogP) is 19.3. The van der Waals surface area contributed by atoms with Gasteiger partial charge in [-0.1, -0.05) is 192 Å². The van der Waals surface area contributed by atoms with Crippen LogP contribution in [-0.4, -0.2) is 14.2 Å². The SMILES string of the molecule is COc1ccc(-c2c3c4c(ccc5c(-c6ccc(C(C)(C)C)cc6)c6c7ccc(C(C)(C)C)cc7c(-c7ccc(OC)cc7)c-6c54)c(-c4ccc(C(C)(C)C)cc4)c-3c3ccc(C(C)(C)C)cc23)cc1. The second-order valence-electron chi connectivity index (χ2n) is 24.0. The summed E-state index contributed by atoms with van der Waals surface area (Å²) in [7, 11) is 3.51. The Morgan fingerprint density at radius 1 is 0.243 bits per heavy atom. The smallest absolute Gasteiger partial charge is 0.118 e. The van der Waals surface area contributed by atoms with E-state index in [0.29, 0.717) is 0 Å². The van der Waals surface area contributed by atoms with Gasteiger partial charge >= 0.3 is 0 Å². The molecule has 7 aromatic carbocycles. The van der Waals surface area contributed by atoms with Crippen molar-refractivity contribution in [3.63, 3.8) is 0 Å². The van der Waals surface area contributed by atoms with Crippen molar-refractivity contribution < 1.29 is 9.47 Å². The van der Waals surface area contributed by atoms with Crippen LogP contribution < -0.4 is 9.47 Å². The minimum absolute atomic E-state index is 0.0267. The predicted molar refractivity (Wildman–Crippen MR) is 302 cm³/mol. The van der Waals surface area contributed by atoms with E-state index in [-0.39, 0.29) is 21.7 Å². The molecule has 0 saturated carbocycles. The van der Waals surface area contributed by atoms with Gasteiger partial charge in [0.15, 0.2) is 0 Å². The number of hydrogen-bond donors (Lipinski definition) is 0. The number of benzene rings is 7. The highest BCUT2D eigenvalue weighted by Gasteiger charge is 2.36. The molecule has 2 heteroatoms. The molecule has 11 rings (SSSR count). The minimum atomic E-state index is -0.0442. The molecular weight excluding hydrogens is 849 g/mol. The minimum Gasteiger partial charge on any atom is -0.497 e. The fraction of sp³-hybridized carbons (Fsp3) is 0.265. The van der Waals surface area contributed by atoms with E-state index in [9.17, 15) is 0 Å². The maximum atomic E-state index is 5.79. The van der Waals surface area contributed by atoms with Crippen LogP contribution in [0.15, 0.2) is 146 Å². The van der Waals surface area contributed by atoms with Crippen molar-refractivity contribution in [3.05, 3.63) is 168 Å². The number of methoxy groups -OCH3 is 2. The van der Waals surface area contributed by atoms with Gasteiger partial charge < -0.3 is 9.47 Å². The number of fused-ring (bicyclic) bond motifs is 11. The maximum Gasteiger partial charge on any atom is 0.118 e. The Labute approximate surface area is 415 Å². The molecule has 0 fully saturated rings. The molecule has 0 spiro atoms. The molecule has 0 amide bonds. The van der Waals surface area contributed by atoms with Gasteiger partial charge in [0.2, 0.25) is 0 Å². The van der Waals surface area contributed by atoms with Crippen molar-refractivity contribution in [1.29, 1.82) is 0 Å². The second-order valence-corrected chi connectivity index (χ2v) is 24.0. The zero-order valence-corrected chi connectivity index (χ0v) is 43.7. The third-order valence-corrected chi connectivity index (χ3v) is 15.4. The molecule has 0 aromatic heterocycles. The molecule has 0 radical (unpaired) electrons. The van der Waals surface area contributed by atoms with Gasteiger partial charge in [-0.2, -0.15) is 0 Å². The average Bonchev–Trinajstić information content (AvgIpc) is 4.04. The Hall–Kier alpha value is -6.90. The molecule has 7 aromatic rings. The van der Waals surface area contributed by atoms with Gasteiger partial charge in [0.05, 0.1) is 14.2 Å². The first-order valence-electron chi connectivity index (χ1n) is 25.1. The molecule has 350 valence electrons. The van der Waals surface area contributed by atoms with Crippen molar-refractivity contribution in [2.24, 2.45) is 0 Å². The molecule has 70 heavy (non-hydrogen) atoms. The Morgan fingerprint density at radius 2 is 0.500 bits per heavy atom. The van der Waals surface area contributed by atoms with E-state index in [1.54, 1.807) is 14.2 Å². The second kappa shape index (κ2) is 15.8. The lowest BCUT2D eigenvalue weighted by molar-refractivity contribution is 0.415. The Bertz CT molecular complexity index is 3440. The summed E-state index contributed by atoms with van der Waals surface area (Å²) in [5.74, 6) is 1.70. The van der Waals surface area contributed by atoms with Crippen LogP contribution in [0.4, 0.5) is 0 Å². The normalized spacial score (nSPS) is 13.0. The van der Waals surface area contributed by atoms with Crippen LogP contribution in [0.1, 0.15) is 105 Å². The molecule has 4 aliphatic rings. The molecule has 0 aliphatic heterocycles. The largest absolute Gasteiger partial charge is 0.497 e. The van der Waals surface area contributed by atoms with E-state index in [0.717, 1.165) is 11.5 Å². The first-order chi connectivity index (χ1) is 33.2. The molecule has 4 aliphatic carbocycles. The van der Waals surface area contributed by atoms with Gasteiger partial charge in [-0.25, -0.2) is 0 Å². The van der Waals surface area contributed by atoms with Crippen LogP contribution in [0.3, 0.4) is 0 Å². The topological polar surface area (TPSA) is 18.5 Å². The van der Waals surface area contributed by atoms with Crippen LogP contribution in [0, 0.1) is 0 Å². The first-order valence-corrected chi connectivity index (χ1v) is 25.1. The summed E-state index contributed by atoms with van der Waals surface area (Å²) in [5.41, 5.74) is 20.5. The molecule has 0 saturated heterocycles. The lowest BCUT2D eigenvalue weighted by Gasteiger charge is -2.20. The van der Waals surface area contributed by atoms with Gasteiger partial charge in [0, 0.05) is 0 Å². The van der Waals surface area contributed by atoms with Crippen LogP contribution in [0.2, 0.25) is 0 Å². The van der Waals surface area contributed by atoms with Gasteiger partial charge in [-0.15, -0.1) is 0 Å². The van der Waals surface area contributed by atoms with E-state index in [2.05, 4.69) is 229 Å². The van der Waals surface area contributed by atoms with E-state index in [4.69, 9.17) is 9.47 Å². The molecule has 2 nitrogen and oxygen atoms in total. The van der Waals surface area contributed by atoms with Crippen molar-refractivity contribution in [2.45, 2.75) is 105 Å². The van der Waals surface area contributed by atoms with Crippen molar-refractivity contribution in [3.8, 4) is 78.3 Å². The lowest BCUT2D eigenvalue weighted by Crippen LogP contribution is -2.10. The average molecular weight is 915 g/mol. The third-order valence-electron chi connectivity index (χ3n) is 15.4. The fourth-order valence-electron chi connectivity index (χ4n) is 11.5. The molecule has 0 heterocycles. The highest BCUT2D eigenvalue weighted by Crippen LogP contribution is 2.63. The quantitative estimate of drug-likeness (QED) is 0.165. The van der Waals surface area contributed by atoms with Crippen molar-refractivity contribution in [1.82, 2.24) is 0 Å². The highest BCUT2D eigenvalue weighted by atomic mass is 16.5. The Morgan fingerprint density at radius 3 is 0.786 bits per heavy atom. The van der Waals surface area contributed by atoms with Crippen LogP contribution in [0.25, 0.3) is 110 Å². The standard InChI is InChI=1S/C68H66O2/c1-65(2,3)43-23-15-39(16-24-43)55-51-35-36-52-56(40-17-25-44(26-18-40)66(4,5)6)60-50-34-28-46(68(10,11)12)38-54(50)58(42-21-31-48(70-14)32-22-42)64(60)62(52)61(51)63-57(41-19-29-47(69-13)30-20-41)53-37-45(67(7,8)9)27-33-49(53)59(55)63/h15-38H,1-14H3. The number of rotatable bonds is 6. The van der Waals surface area contributed by atoms with Crippen molar-refractivity contribution >= 4 is 43.1 Å². The van der Waals surface area contributed by atoms with E-state index in [1.165, 1.54) is 132 Å². The lowest BCUT2D eigenvalue weighted by atomic mass is 9.85. The Kier molecular flexibility index (Phi) is 10.3. The summed E-state index contributed by atoms with van der Waals surface area (Å²) in [6.45, 7) is 27.8. The highest BCUT2D eigenvalue weighted by molar-refractivity contribution is 6.41. The van der Waals surface area contributed by atoms with Gasteiger partial charge in [-0.05, 0) is 190 Å². The summed E-state index contributed by atoms with van der Waals surface area (Å²) in [5, 5.41) is 10.3. The zero-order chi connectivity index (χ0) is 49.4. The number of hydrogen-bond acceptors (Lipinski definition) is 2. The first kappa shape index (κ1) is 45.5. The fourth-order valence-corrected chi connectivity index (χ4v) is 11.5.